The monoisotopic (exact) mass is 266 g/mol. The van der Waals surface area contributed by atoms with Crippen LogP contribution in [0, 0.1) is 0 Å². The Balaban J connectivity index is 2.10. The van der Waals surface area contributed by atoms with E-state index < -0.39 is 8.07 Å². The first-order valence-electron chi connectivity index (χ1n) is 6.56. The van der Waals surface area contributed by atoms with Gasteiger partial charge in [0.15, 0.2) is 0 Å². The number of benzene rings is 2. The smallest absolute Gasteiger partial charge is 0.0652 e. The average molecular weight is 266 g/mol. The quantitative estimate of drug-likeness (QED) is 0.642. The first-order valence-corrected chi connectivity index (χ1v) is 11.0. The van der Waals surface area contributed by atoms with E-state index in [1.807, 2.05) is 0 Å². The molecule has 0 N–H and O–H groups in total. The Hall–Kier alpha value is -1.13. The topological polar surface area (TPSA) is 0 Å². The fourth-order valence-electron chi connectivity index (χ4n) is 2.71. The van der Waals surface area contributed by atoms with Crippen molar-refractivity contribution < 1.29 is 0 Å². The van der Waals surface area contributed by atoms with Gasteiger partial charge >= 0.3 is 0 Å². The van der Waals surface area contributed by atoms with Gasteiger partial charge in [-0.2, -0.15) is 0 Å². The molecule has 1 heterocycles. The predicted molar refractivity (Wildman–Crippen MR) is 82.8 cm³/mol. The van der Waals surface area contributed by atoms with Crippen LogP contribution < -0.4 is 10.4 Å². The molecule has 0 saturated carbocycles. The van der Waals surface area contributed by atoms with Crippen molar-refractivity contribution in [3.63, 3.8) is 0 Å². The Bertz CT molecular complexity index is 573. The second-order valence-corrected chi connectivity index (χ2v) is 11.8. The highest BCUT2D eigenvalue weighted by Crippen LogP contribution is 2.14. The molecule has 2 radical (unpaired) electrons. The first kappa shape index (κ1) is 11.9. The summed E-state index contributed by atoms with van der Waals surface area (Å²) in [5, 5.41) is 3.13. The summed E-state index contributed by atoms with van der Waals surface area (Å²) in [6, 6.07) is 21.0. The third-order valence-corrected chi connectivity index (χ3v) is 8.25. The molecule has 2 aromatic carbocycles. The van der Waals surface area contributed by atoms with Gasteiger partial charge in [-0.15, -0.1) is 0 Å². The van der Waals surface area contributed by atoms with E-state index in [4.69, 9.17) is 0 Å². The van der Waals surface area contributed by atoms with Gasteiger partial charge in [0, 0.05) is 0 Å². The van der Waals surface area contributed by atoms with E-state index in [0.717, 1.165) is 9.52 Å². The molecule has 0 nitrogen and oxygen atoms in total. The van der Waals surface area contributed by atoms with Crippen LogP contribution in [-0.4, -0.2) is 17.6 Å². The first-order chi connectivity index (χ1) is 8.63. The SMILES string of the molecule is C[Si]1(C)Cc2cccc(c2)[Si]Cc2cccc1c2. The maximum atomic E-state index is 2.49. The Labute approximate surface area is 113 Å². The Kier molecular flexibility index (Phi) is 3.00. The molecule has 4 bridgehead atoms. The van der Waals surface area contributed by atoms with Gasteiger partial charge in [0.25, 0.3) is 0 Å². The van der Waals surface area contributed by atoms with Gasteiger partial charge in [-0.3, -0.25) is 0 Å². The zero-order valence-corrected chi connectivity index (χ0v) is 13.0. The third kappa shape index (κ3) is 2.35. The normalized spacial score (nSPS) is 17.2. The fourth-order valence-corrected chi connectivity index (χ4v) is 6.41. The summed E-state index contributed by atoms with van der Waals surface area (Å²) in [6.07, 6.45) is 0. The molecule has 0 amide bonds. The van der Waals surface area contributed by atoms with Crippen LogP contribution in [-0.2, 0) is 12.1 Å². The highest BCUT2D eigenvalue weighted by Gasteiger charge is 2.24. The van der Waals surface area contributed by atoms with Gasteiger partial charge in [0.2, 0.25) is 0 Å². The van der Waals surface area contributed by atoms with E-state index in [0.29, 0.717) is 0 Å². The molecular formula is C16H18Si2. The van der Waals surface area contributed by atoms with E-state index in [2.05, 4.69) is 61.6 Å². The van der Waals surface area contributed by atoms with Crippen LogP contribution in [0.5, 0.6) is 0 Å². The van der Waals surface area contributed by atoms with Crippen LogP contribution in [0.4, 0.5) is 0 Å². The van der Waals surface area contributed by atoms with E-state index in [-0.39, 0.29) is 0 Å². The molecule has 1 aliphatic rings. The third-order valence-electron chi connectivity index (χ3n) is 3.78. The lowest BCUT2D eigenvalue weighted by Gasteiger charge is -2.25. The average Bonchev–Trinajstić information content (AvgIpc) is 2.36. The Morgan fingerprint density at radius 2 is 1.72 bits per heavy atom. The van der Waals surface area contributed by atoms with Gasteiger partial charge in [-0.05, 0) is 12.1 Å². The van der Waals surface area contributed by atoms with Crippen molar-refractivity contribution >= 4 is 28.0 Å². The van der Waals surface area contributed by atoms with Crippen LogP contribution in [0.3, 0.4) is 0 Å². The molecule has 0 atom stereocenters. The minimum absolute atomic E-state index is 0.906. The van der Waals surface area contributed by atoms with Crippen molar-refractivity contribution in [1.82, 2.24) is 0 Å². The number of hydrogen-bond donors (Lipinski definition) is 0. The van der Waals surface area contributed by atoms with Crippen molar-refractivity contribution in [3.8, 4) is 0 Å². The minimum Gasteiger partial charge on any atom is -0.0652 e. The van der Waals surface area contributed by atoms with Crippen molar-refractivity contribution in [3.05, 3.63) is 59.7 Å². The van der Waals surface area contributed by atoms with Crippen molar-refractivity contribution in [2.24, 2.45) is 0 Å². The number of hydrogen-bond acceptors (Lipinski definition) is 0. The van der Waals surface area contributed by atoms with Crippen LogP contribution in [0.25, 0.3) is 0 Å². The molecule has 0 aromatic heterocycles. The van der Waals surface area contributed by atoms with Crippen LogP contribution in [0.15, 0.2) is 48.5 Å². The molecule has 3 rings (SSSR count). The molecule has 1 aliphatic heterocycles. The molecule has 0 aliphatic carbocycles. The van der Waals surface area contributed by atoms with Gasteiger partial charge in [0.1, 0.15) is 0 Å². The summed E-state index contributed by atoms with van der Waals surface area (Å²) in [4.78, 5) is 0. The minimum atomic E-state index is -1.34. The summed E-state index contributed by atoms with van der Waals surface area (Å²) in [5.41, 5.74) is 3.04. The van der Waals surface area contributed by atoms with Crippen molar-refractivity contribution in [2.75, 3.05) is 0 Å². The van der Waals surface area contributed by atoms with Gasteiger partial charge in [-0.1, -0.05) is 83.1 Å². The number of fused-ring (bicyclic) bond motifs is 4. The Morgan fingerprint density at radius 3 is 2.61 bits per heavy atom. The van der Waals surface area contributed by atoms with E-state index in [9.17, 15) is 0 Å². The lowest BCUT2D eigenvalue weighted by atomic mass is 10.2. The highest BCUT2D eigenvalue weighted by molar-refractivity contribution is 6.89. The second kappa shape index (κ2) is 4.52. The molecule has 90 valence electrons. The lowest BCUT2D eigenvalue weighted by molar-refractivity contribution is 1.31. The van der Waals surface area contributed by atoms with E-state index in [1.54, 1.807) is 5.19 Å². The maximum absolute atomic E-state index is 2.49. The summed E-state index contributed by atoms with van der Waals surface area (Å²) < 4.78 is 0. The summed E-state index contributed by atoms with van der Waals surface area (Å²) in [6.45, 7) is 4.98. The molecule has 0 saturated heterocycles. The summed E-state index contributed by atoms with van der Waals surface area (Å²) >= 11 is 0. The summed E-state index contributed by atoms with van der Waals surface area (Å²) in [5.74, 6) is 0. The van der Waals surface area contributed by atoms with Crippen molar-refractivity contribution in [1.29, 1.82) is 0 Å². The van der Waals surface area contributed by atoms with Crippen molar-refractivity contribution in [2.45, 2.75) is 25.2 Å². The lowest BCUT2D eigenvalue weighted by Crippen LogP contribution is -2.44. The van der Waals surface area contributed by atoms with Crippen LogP contribution in [0.2, 0.25) is 13.1 Å². The standard InChI is InChI=1S/C16H18Si2/c1-18(2)12-14-6-3-7-15(9-14)17-11-13-5-4-8-16(18)10-13/h3-10H,11-12H2,1-2H3. The molecule has 2 aromatic rings. The fraction of sp³-hybridized carbons (Fsp3) is 0.250. The molecular weight excluding hydrogens is 248 g/mol. The zero-order chi connectivity index (χ0) is 12.6. The van der Waals surface area contributed by atoms with Gasteiger partial charge in [0.05, 0.1) is 17.6 Å². The summed E-state index contributed by atoms with van der Waals surface area (Å²) in [7, 11) is -0.432. The zero-order valence-electron chi connectivity index (χ0n) is 11.0. The Morgan fingerprint density at radius 1 is 0.944 bits per heavy atom. The molecule has 18 heavy (non-hydrogen) atoms. The maximum Gasteiger partial charge on any atom is 0.0855 e. The second-order valence-electron chi connectivity index (χ2n) is 5.81. The number of rotatable bonds is 0. The largest absolute Gasteiger partial charge is 0.0855 e. The molecule has 2 heteroatoms. The van der Waals surface area contributed by atoms with E-state index >= 15 is 0 Å². The van der Waals surface area contributed by atoms with Gasteiger partial charge in [-0.25, -0.2) is 0 Å². The highest BCUT2D eigenvalue weighted by atomic mass is 28.3. The van der Waals surface area contributed by atoms with Gasteiger partial charge < -0.3 is 0 Å². The van der Waals surface area contributed by atoms with Crippen LogP contribution in [0.1, 0.15) is 11.1 Å². The van der Waals surface area contributed by atoms with E-state index in [1.165, 1.54) is 28.4 Å². The molecule has 0 fully saturated rings. The molecule has 0 spiro atoms. The molecule has 0 unspecified atom stereocenters. The van der Waals surface area contributed by atoms with Crippen LogP contribution >= 0.6 is 0 Å². The predicted octanol–water partition coefficient (Wildman–Crippen LogP) is 2.23.